The van der Waals surface area contributed by atoms with E-state index < -0.39 is 0 Å². The Bertz CT molecular complexity index is 489. The Morgan fingerprint density at radius 3 is 2.68 bits per heavy atom. The van der Waals surface area contributed by atoms with Crippen LogP contribution in [0.5, 0.6) is 5.75 Å². The van der Waals surface area contributed by atoms with Gasteiger partial charge in [-0.15, -0.1) is 0 Å². The zero-order valence-corrected chi connectivity index (χ0v) is 14.1. The molecule has 2 heteroatoms. The van der Waals surface area contributed by atoms with Gasteiger partial charge in [0.2, 0.25) is 0 Å². The van der Waals surface area contributed by atoms with Gasteiger partial charge < -0.3 is 9.64 Å². The lowest BCUT2D eigenvalue weighted by Crippen LogP contribution is -2.33. The lowest BCUT2D eigenvalue weighted by molar-refractivity contribution is 0.209. The Balaban J connectivity index is 1.73. The maximum Gasteiger partial charge on any atom is 0.125 e. The van der Waals surface area contributed by atoms with Gasteiger partial charge in [0, 0.05) is 0 Å². The van der Waals surface area contributed by atoms with Crippen molar-refractivity contribution in [2.24, 2.45) is 0 Å². The molecule has 0 saturated carbocycles. The van der Waals surface area contributed by atoms with Crippen LogP contribution >= 0.6 is 0 Å². The summed E-state index contributed by atoms with van der Waals surface area (Å²) in [5.74, 6) is 1.89. The summed E-state index contributed by atoms with van der Waals surface area (Å²) in [5.41, 5.74) is 4.51. The third kappa shape index (κ3) is 3.32. The summed E-state index contributed by atoms with van der Waals surface area (Å²) in [6.45, 7) is 7.63. The lowest BCUT2D eigenvalue weighted by atomic mass is 9.83. The van der Waals surface area contributed by atoms with Crippen molar-refractivity contribution in [3.05, 3.63) is 35.7 Å². The fourth-order valence-corrected chi connectivity index (χ4v) is 4.18. The van der Waals surface area contributed by atoms with Crippen LogP contribution in [-0.2, 0) is 12.8 Å². The van der Waals surface area contributed by atoms with Crippen molar-refractivity contribution in [3.63, 3.8) is 0 Å². The molecule has 22 heavy (non-hydrogen) atoms. The van der Waals surface area contributed by atoms with Gasteiger partial charge >= 0.3 is 0 Å². The molecule has 0 atom stereocenters. The second-order valence-electron chi connectivity index (χ2n) is 6.86. The Hall–Kier alpha value is -1.02. The molecule has 0 aromatic heterocycles. The Morgan fingerprint density at radius 2 is 1.95 bits per heavy atom. The van der Waals surface area contributed by atoms with Gasteiger partial charge in [-0.3, -0.25) is 0 Å². The number of nitrogens with zero attached hydrogens (tertiary/aromatic N) is 1. The van der Waals surface area contributed by atoms with Crippen molar-refractivity contribution in [1.82, 2.24) is 4.90 Å². The fraction of sp³-hybridized carbons (Fsp3) is 0.650. The molecule has 1 heterocycles. The van der Waals surface area contributed by atoms with Crippen molar-refractivity contribution >= 4 is 0 Å². The number of methoxy groups -OCH3 is 1. The normalized spacial score (nSPS) is 19.9. The van der Waals surface area contributed by atoms with Crippen molar-refractivity contribution in [1.29, 1.82) is 0 Å². The first-order valence-electron chi connectivity index (χ1n) is 9.03. The summed E-state index contributed by atoms with van der Waals surface area (Å²) < 4.78 is 5.87. The van der Waals surface area contributed by atoms with Crippen LogP contribution in [0.25, 0.3) is 0 Å². The van der Waals surface area contributed by atoms with E-state index in [1.54, 1.807) is 0 Å². The molecule has 121 valence electrons. The van der Waals surface area contributed by atoms with E-state index in [1.165, 1.54) is 87.0 Å². The average molecular weight is 300 g/mol. The molecule has 1 aliphatic heterocycles. The number of piperidine rings is 1. The third-order valence-electron chi connectivity index (χ3n) is 5.47. The second-order valence-corrected chi connectivity index (χ2v) is 6.86. The molecular formula is C20H30NO. The summed E-state index contributed by atoms with van der Waals surface area (Å²) in [7, 11) is 1.86. The number of likely N-dealkylation sites (tertiary alicyclic amines) is 1. The van der Waals surface area contributed by atoms with Crippen LogP contribution in [0.3, 0.4) is 0 Å². The van der Waals surface area contributed by atoms with E-state index in [4.69, 9.17) is 4.74 Å². The quantitative estimate of drug-likeness (QED) is 0.800. The van der Waals surface area contributed by atoms with Gasteiger partial charge in [-0.1, -0.05) is 25.5 Å². The van der Waals surface area contributed by atoms with E-state index in [0.29, 0.717) is 5.92 Å². The maximum atomic E-state index is 5.87. The topological polar surface area (TPSA) is 12.5 Å². The van der Waals surface area contributed by atoms with E-state index >= 15 is 0 Å². The van der Waals surface area contributed by atoms with Crippen LogP contribution in [0, 0.1) is 6.92 Å². The molecule has 3 rings (SSSR count). The fourth-order valence-electron chi connectivity index (χ4n) is 4.18. The molecule has 0 spiro atoms. The molecule has 0 N–H and O–H groups in total. The number of rotatable bonds is 5. The second kappa shape index (κ2) is 7.50. The van der Waals surface area contributed by atoms with E-state index in [0.717, 1.165) is 6.42 Å². The molecule has 1 aromatic rings. The van der Waals surface area contributed by atoms with Crippen molar-refractivity contribution in [3.8, 4) is 5.75 Å². The van der Waals surface area contributed by atoms with E-state index in [1.807, 2.05) is 7.11 Å². The first-order valence-corrected chi connectivity index (χ1v) is 9.03. The number of unbranched alkanes of at least 4 members (excludes halogenated alkanes) is 1. The number of aryl methyl sites for hydroxylation is 1. The minimum Gasteiger partial charge on any atom is -0.496 e. The minimum atomic E-state index is 0.679. The molecule has 1 fully saturated rings. The smallest absolute Gasteiger partial charge is 0.125 e. The monoisotopic (exact) mass is 300 g/mol. The van der Waals surface area contributed by atoms with Gasteiger partial charge in [-0.25, -0.2) is 0 Å². The number of benzene rings is 1. The van der Waals surface area contributed by atoms with Crippen LogP contribution in [-0.4, -0.2) is 31.6 Å². The third-order valence-corrected chi connectivity index (χ3v) is 5.47. The zero-order chi connectivity index (χ0) is 15.4. The number of fused-ring (bicyclic) bond motifs is 1. The van der Waals surface area contributed by atoms with Gasteiger partial charge in [0.25, 0.3) is 0 Å². The van der Waals surface area contributed by atoms with E-state index in [9.17, 15) is 0 Å². The lowest BCUT2D eigenvalue weighted by Gasteiger charge is -2.33. The first kappa shape index (κ1) is 15.9. The van der Waals surface area contributed by atoms with Crippen LogP contribution in [0.4, 0.5) is 0 Å². The van der Waals surface area contributed by atoms with Crippen molar-refractivity contribution in [2.45, 2.75) is 57.3 Å². The van der Waals surface area contributed by atoms with Gasteiger partial charge in [0.1, 0.15) is 5.75 Å². The highest BCUT2D eigenvalue weighted by atomic mass is 16.5. The molecular weight excluding hydrogens is 270 g/mol. The molecule has 1 saturated heterocycles. The SMILES string of the molecule is [CH2]CCCN1CCC(c2ccc3c(c2OC)CCCC3)CC1. The number of hydrogen-bond acceptors (Lipinski definition) is 2. The summed E-state index contributed by atoms with van der Waals surface area (Å²) >= 11 is 0. The highest BCUT2D eigenvalue weighted by Crippen LogP contribution is 2.40. The number of ether oxygens (including phenoxy) is 1. The largest absolute Gasteiger partial charge is 0.496 e. The highest BCUT2D eigenvalue weighted by Gasteiger charge is 2.25. The van der Waals surface area contributed by atoms with Crippen molar-refractivity contribution < 1.29 is 4.74 Å². The molecule has 0 amide bonds. The summed E-state index contributed by atoms with van der Waals surface area (Å²) in [4.78, 5) is 2.60. The number of hydrogen-bond donors (Lipinski definition) is 0. The Morgan fingerprint density at radius 1 is 1.18 bits per heavy atom. The average Bonchev–Trinajstić information content (AvgIpc) is 2.59. The van der Waals surface area contributed by atoms with Gasteiger partial charge in [0.05, 0.1) is 7.11 Å². The van der Waals surface area contributed by atoms with Crippen LogP contribution < -0.4 is 4.74 Å². The molecule has 2 nitrogen and oxygen atoms in total. The Kier molecular flexibility index (Phi) is 5.41. The summed E-state index contributed by atoms with van der Waals surface area (Å²) in [6.07, 6.45) is 9.91. The molecule has 2 aliphatic rings. The summed E-state index contributed by atoms with van der Waals surface area (Å²) in [6, 6.07) is 4.74. The maximum absolute atomic E-state index is 5.87. The molecule has 1 aliphatic carbocycles. The van der Waals surface area contributed by atoms with Gasteiger partial charge in [0.15, 0.2) is 0 Å². The molecule has 0 bridgehead atoms. The first-order chi connectivity index (χ1) is 10.8. The zero-order valence-electron chi connectivity index (χ0n) is 14.1. The predicted molar refractivity (Wildman–Crippen MR) is 92.6 cm³/mol. The summed E-state index contributed by atoms with van der Waals surface area (Å²) in [5, 5.41) is 0. The standard InChI is InChI=1S/C20H30NO/c1-3-4-13-21-14-11-17(12-15-21)19-10-9-16-7-5-6-8-18(16)20(19)22-2/h9-10,17H,1,3-8,11-15H2,2H3. The minimum absolute atomic E-state index is 0.679. The Labute approximate surface area is 135 Å². The van der Waals surface area contributed by atoms with Gasteiger partial charge in [-0.05, 0) is 87.2 Å². The molecule has 1 aromatic carbocycles. The van der Waals surface area contributed by atoms with E-state index in [2.05, 4.69) is 24.0 Å². The molecule has 0 unspecified atom stereocenters. The van der Waals surface area contributed by atoms with Crippen LogP contribution in [0.15, 0.2) is 12.1 Å². The predicted octanol–water partition coefficient (Wildman–Crippen LogP) is 4.37. The van der Waals surface area contributed by atoms with Gasteiger partial charge in [-0.2, -0.15) is 0 Å². The van der Waals surface area contributed by atoms with E-state index in [-0.39, 0.29) is 0 Å². The van der Waals surface area contributed by atoms with Crippen LogP contribution in [0.1, 0.15) is 61.1 Å². The molecule has 1 radical (unpaired) electrons. The van der Waals surface area contributed by atoms with Crippen LogP contribution in [0.2, 0.25) is 0 Å². The highest BCUT2D eigenvalue weighted by molar-refractivity contribution is 5.49. The van der Waals surface area contributed by atoms with Crippen molar-refractivity contribution in [2.75, 3.05) is 26.7 Å².